The zero-order chi connectivity index (χ0) is 19.9. The molecule has 0 fully saturated rings. The van der Waals surface area contributed by atoms with Crippen LogP contribution in [0.1, 0.15) is 11.1 Å². The van der Waals surface area contributed by atoms with E-state index in [0.29, 0.717) is 29.5 Å². The first-order valence-electron chi connectivity index (χ1n) is 6.94. The number of nitrogen functional groups attached to an aromatic ring is 2. The minimum absolute atomic E-state index is 0.154. The van der Waals surface area contributed by atoms with E-state index >= 15 is 0 Å². The zero-order valence-electron chi connectivity index (χ0n) is 14.3. The first-order valence-corrected chi connectivity index (χ1v) is 8.34. The van der Waals surface area contributed by atoms with Crippen molar-refractivity contribution in [3.63, 3.8) is 0 Å². The third-order valence-corrected chi connectivity index (χ3v) is 3.04. The van der Waals surface area contributed by atoms with Crippen molar-refractivity contribution in [2.24, 2.45) is 0 Å². The van der Waals surface area contributed by atoms with Gasteiger partial charge >= 0.3 is 10.4 Å². The Labute approximate surface area is 150 Å². The van der Waals surface area contributed by atoms with Crippen LogP contribution in [0.2, 0.25) is 0 Å². The minimum Gasteiger partial charge on any atom is -0.493 e. The smallest absolute Gasteiger partial charge is 0.394 e. The largest absolute Gasteiger partial charge is 0.493 e. The van der Waals surface area contributed by atoms with Gasteiger partial charge in [-0.2, -0.15) is 13.4 Å². The Morgan fingerprint density at radius 2 is 1.54 bits per heavy atom. The van der Waals surface area contributed by atoms with Gasteiger partial charge in [0.1, 0.15) is 5.82 Å². The first-order chi connectivity index (χ1) is 12.1. The van der Waals surface area contributed by atoms with E-state index in [9.17, 15) is 0 Å². The molecule has 0 aliphatic rings. The average molecular weight is 388 g/mol. The quantitative estimate of drug-likeness (QED) is 0.527. The molecule has 0 saturated heterocycles. The fraction of sp³-hybridized carbons (Fsp3) is 0.286. The fourth-order valence-corrected chi connectivity index (χ4v) is 2.03. The molecule has 0 atom stereocenters. The Kier molecular flexibility index (Phi) is 7.37. The molecule has 26 heavy (non-hydrogen) atoms. The lowest BCUT2D eigenvalue weighted by molar-refractivity contribution is 0.324. The van der Waals surface area contributed by atoms with Gasteiger partial charge in [0.05, 0.1) is 21.3 Å². The van der Waals surface area contributed by atoms with Gasteiger partial charge in [-0.15, -0.1) is 0 Å². The van der Waals surface area contributed by atoms with Crippen molar-refractivity contribution in [1.29, 1.82) is 0 Å². The molecule has 2 aromatic rings. The molecular formula is C14H20N4O7S. The standard InChI is InChI=1S/C14H18N4O3.H2O4S/c1-19-10-5-8(6-11(20-2)12(10)21-3)4-9-7-17-14(16)18-13(9)15;1-5(2,3)4/h5-7H,4H2,1-3H3,(H4,15,16,17,18);(H2,1,2,3,4). The number of hydrogen-bond donors (Lipinski definition) is 4. The lowest BCUT2D eigenvalue weighted by Crippen LogP contribution is -2.04. The lowest BCUT2D eigenvalue weighted by atomic mass is 10.1. The second-order valence-electron chi connectivity index (χ2n) is 4.80. The molecule has 0 saturated carbocycles. The van der Waals surface area contributed by atoms with Crippen molar-refractivity contribution >= 4 is 22.2 Å². The van der Waals surface area contributed by atoms with Crippen LogP contribution in [0.4, 0.5) is 11.8 Å². The molecule has 6 N–H and O–H groups in total. The summed E-state index contributed by atoms with van der Waals surface area (Å²) in [7, 11) is 0.0371. The Morgan fingerprint density at radius 1 is 1.04 bits per heavy atom. The number of anilines is 2. The summed E-state index contributed by atoms with van der Waals surface area (Å²) >= 11 is 0. The predicted molar refractivity (Wildman–Crippen MR) is 93.9 cm³/mol. The maximum atomic E-state index is 8.74. The number of methoxy groups -OCH3 is 3. The van der Waals surface area contributed by atoms with E-state index in [0.717, 1.165) is 11.1 Å². The van der Waals surface area contributed by atoms with Gasteiger partial charge in [-0.3, -0.25) is 9.11 Å². The molecule has 1 aromatic heterocycles. The molecule has 0 radical (unpaired) electrons. The number of aromatic nitrogens is 2. The third kappa shape index (κ3) is 6.58. The van der Waals surface area contributed by atoms with Crippen LogP contribution in [0.3, 0.4) is 0 Å². The SMILES string of the molecule is COc1cc(Cc2cnc(N)nc2N)cc(OC)c1OC.O=S(=O)(O)O. The number of nitrogens with zero attached hydrogens (tertiary/aromatic N) is 2. The third-order valence-electron chi connectivity index (χ3n) is 3.04. The van der Waals surface area contributed by atoms with E-state index in [1.165, 1.54) is 0 Å². The highest BCUT2D eigenvalue weighted by atomic mass is 32.3. The van der Waals surface area contributed by atoms with Crippen molar-refractivity contribution in [2.45, 2.75) is 6.42 Å². The van der Waals surface area contributed by atoms with Gasteiger partial charge < -0.3 is 25.7 Å². The molecule has 2 rings (SSSR count). The van der Waals surface area contributed by atoms with Crippen LogP contribution in [0.5, 0.6) is 17.2 Å². The number of rotatable bonds is 5. The minimum atomic E-state index is -4.67. The molecule has 12 heteroatoms. The van der Waals surface area contributed by atoms with E-state index < -0.39 is 10.4 Å². The Bertz CT molecular complexity index is 825. The summed E-state index contributed by atoms with van der Waals surface area (Å²) < 4.78 is 47.5. The molecule has 0 aliphatic heterocycles. The van der Waals surface area contributed by atoms with E-state index in [-0.39, 0.29) is 5.95 Å². The molecule has 1 heterocycles. The summed E-state index contributed by atoms with van der Waals surface area (Å²) in [6.45, 7) is 0. The summed E-state index contributed by atoms with van der Waals surface area (Å²) in [6, 6.07) is 3.72. The van der Waals surface area contributed by atoms with Crippen molar-refractivity contribution in [3.05, 3.63) is 29.5 Å². The molecule has 0 unspecified atom stereocenters. The molecule has 144 valence electrons. The van der Waals surface area contributed by atoms with Crippen molar-refractivity contribution in [2.75, 3.05) is 32.8 Å². The van der Waals surface area contributed by atoms with Gasteiger partial charge in [-0.1, -0.05) is 0 Å². The maximum Gasteiger partial charge on any atom is 0.394 e. The van der Waals surface area contributed by atoms with E-state index in [4.69, 9.17) is 43.2 Å². The van der Waals surface area contributed by atoms with Crippen LogP contribution in [0.15, 0.2) is 18.3 Å². The monoisotopic (exact) mass is 388 g/mol. The van der Waals surface area contributed by atoms with E-state index in [1.807, 2.05) is 12.1 Å². The number of benzene rings is 1. The molecule has 0 spiro atoms. The van der Waals surface area contributed by atoms with Gasteiger partial charge in [-0.25, -0.2) is 4.98 Å². The van der Waals surface area contributed by atoms with E-state index in [2.05, 4.69) is 9.97 Å². The molecule has 0 bridgehead atoms. The summed E-state index contributed by atoms with van der Waals surface area (Å²) in [6.07, 6.45) is 2.14. The second kappa shape index (κ2) is 9.03. The summed E-state index contributed by atoms with van der Waals surface area (Å²) in [5, 5.41) is 0. The topological polar surface area (TPSA) is 180 Å². The van der Waals surface area contributed by atoms with E-state index in [1.54, 1.807) is 27.5 Å². The summed E-state index contributed by atoms with van der Waals surface area (Å²) in [4.78, 5) is 7.90. The molecule has 0 amide bonds. The van der Waals surface area contributed by atoms with Crippen molar-refractivity contribution in [3.8, 4) is 17.2 Å². The summed E-state index contributed by atoms with van der Waals surface area (Å²) in [5.74, 6) is 2.23. The molecule has 1 aromatic carbocycles. The predicted octanol–water partition coefficient (Wildman–Crippen LogP) is 0.605. The van der Waals surface area contributed by atoms with Crippen LogP contribution in [0, 0.1) is 0 Å². The van der Waals surface area contributed by atoms with Crippen LogP contribution in [-0.2, 0) is 16.8 Å². The zero-order valence-corrected chi connectivity index (χ0v) is 15.1. The Balaban J connectivity index is 0.000000597. The van der Waals surface area contributed by atoms with Crippen LogP contribution in [-0.4, -0.2) is 48.8 Å². The lowest BCUT2D eigenvalue weighted by Gasteiger charge is -2.14. The van der Waals surface area contributed by atoms with Crippen LogP contribution in [0.25, 0.3) is 0 Å². The Morgan fingerprint density at radius 3 is 1.92 bits per heavy atom. The number of nitrogens with two attached hydrogens (primary N) is 2. The average Bonchev–Trinajstić information content (AvgIpc) is 2.54. The normalized spacial score (nSPS) is 10.5. The first kappa shape index (κ1) is 21.2. The number of hydrogen-bond acceptors (Lipinski definition) is 9. The van der Waals surface area contributed by atoms with Gasteiger partial charge in [-0.05, 0) is 17.7 Å². The van der Waals surface area contributed by atoms with Gasteiger partial charge in [0, 0.05) is 18.2 Å². The molecule has 0 aliphatic carbocycles. The Hall–Kier alpha value is -2.83. The summed E-state index contributed by atoms with van der Waals surface area (Å²) in [5.41, 5.74) is 13.1. The number of ether oxygens (including phenoxy) is 3. The van der Waals surface area contributed by atoms with Crippen molar-refractivity contribution in [1.82, 2.24) is 9.97 Å². The highest BCUT2D eigenvalue weighted by Crippen LogP contribution is 2.38. The maximum absolute atomic E-state index is 8.74. The fourth-order valence-electron chi connectivity index (χ4n) is 2.03. The van der Waals surface area contributed by atoms with Gasteiger partial charge in [0.15, 0.2) is 11.5 Å². The van der Waals surface area contributed by atoms with Crippen LogP contribution >= 0.6 is 0 Å². The molecular weight excluding hydrogens is 368 g/mol. The highest BCUT2D eigenvalue weighted by Gasteiger charge is 2.14. The molecule has 11 nitrogen and oxygen atoms in total. The highest BCUT2D eigenvalue weighted by molar-refractivity contribution is 7.79. The second-order valence-corrected chi connectivity index (χ2v) is 5.69. The van der Waals surface area contributed by atoms with Crippen LogP contribution < -0.4 is 25.7 Å². The van der Waals surface area contributed by atoms with Crippen molar-refractivity contribution < 1.29 is 31.7 Å². The van der Waals surface area contributed by atoms with Gasteiger partial charge in [0.25, 0.3) is 0 Å². The van der Waals surface area contributed by atoms with Gasteiger partial charge in [0.2, 0.25) is 11.7 Å².